The third kappa shape index (κ3) is 3.77. The standard InChI is InChI=1S/C13H19ClN2O2/c1-17-13-3-2-11(10-12(13)14)18-9-8-16-6-4-15-5-7-16/h2-3,10,15H,4-9H2,1H3. The van der Waals surface area contributed by atoms with Crippen LogP contribution in [0.5, 0.6) is 11.5 Å². The van der Waals surface area contributed by atoms with Gasteiger partial charge in [-0.2, -0.15) is 0 Å². The van der Waals surface area contributed by atoms with E-state index >= 15 is 0 Å². The van der Waals surface area contributed by atoms with Crippen LogP contribution in [-0.2, 0) is 0 Å². The molecular weight excluding hydrogens is 252 g/mol. The van der Waals surface area contributed by atoms with Gasteiger partial charge in [0.2, 0.25) is 0 Å². The molecule has 5 heteroatoms. The SMILES string of the molecule is COc1ccc(OCCN2CCNCC2)cc1Cl. The van der Waals surface area contributed by atoms with Crippen molar-refractivity contribution in [2.75, 3.05) is 46.4 Å². The molecule has 100 valence electrons. The zero-order valence-corrected chi connectivity index (χ0v) is 11.4. The predicted octanol–water partition coefficient (Wildman–Crippen LogP) is 1.63. The van der Waals surface area contributed by atoms with Gasteiger partial charge >= 0.3 is 0 Å². The summed E-state index contributed by atoms with van der Waals surface area (Å²) < 4.78 is 10.8. The molecule has 1 aromatic carbocycles. The lowest BCUT2D eigenvalue weighted by atomic mass is 10.3. The molecule has 0 aromatic heterocycles. The minimum Gasteiger partial charge on any atom is -0.495 e. The maximum absolute atomic E-state index is 6.03. The molecule has 1 fully saturated rings. The van der Waals surface area contributed by atoms with Gasteiger partial charge in [-0.05, 0) is 12.1 Å². The van der Waals surface area contributed by atoms with Gasteiger partial charge in [-0.15, -0.1) is 0 Å². The molecular formula is C13H19ClN2O2. The molecule has 1 heterocycles. The Morgan fingerprint density at radius 3 is 2.78 bits per heavy atom. The molecule has 1 aliphatic rings. The van der Waals surface area contributed by atoms with Crippen LogP contribution in [0.2, 0.25) is 5.02 Å². The maximum atomic E-state index is 6.03. The molecule has 0 atom stereocenters. The molecule has 0 bridgehead atoms. The van der Waals surface area contributed by atoms with Crippen LogP contribution in [0.4, 0.5) is 0 Å². The van der Waals surface area contributed by atoms with E-state index in [0.717, 1.165) is 38.5 Å². The van der Waals surface area contributed by atoms with Crippen molar-refractivity contribution in [1.29, 1.82) is 0 Å². The third-order valence-electron chi connectivity index (χ3n) is 3.01. The van der Waals surface area contributed by atoms with Gasteiger partial charge in [-0.1, -0.05) is 11.6 Å². The average Bonchev–Trinajstić information content (AvgIpc) is 2.40. The van der Waals surface area contributed by atoms with Crippen LogP contribution in [-0.4, -0.2) is 51.3 Å². The number of piperazine rings is 1. The van der Waals surface area contributed by atoms with Crippen molar-refractivity contribution in [2.45, 2.75) is 0 Å². The summed E-state index contributed by atoms with van der Waals surface area (Å²) in [7, 11) is 1.60. The Morgan fingerprint density at radius 1 is 1.33 bits per heavy atom. The van der Waals surface area contributed by atoms with Gasteiger partial charge in [0.1, 0.15) is 18.1 Å². The predicted molar refractivity (Wildman–Crippen MR) is 72.8 cm³/mol. The van der Waals surface area contributed by atoms with Crippen molar-refractivity contribution >= 4 is 11.6 Å². The number of nitrogens with zero attached hydrogens (tertiary/aromatic N) is 1. The Hall–Kier alpha value is -0.970. The van der Waals surface area contributed by atoms with Gasteiger partial charge in [0.25, 0.3) is 0 Å². The molecule has 0 unspecified atom stereocenters. The highest BCUT2D eigenvalue weighted by Crippen LogP contribution is 2.28. The summed E-state index contributed by atoms with van der Waals surface area (Å²) >= 11 is 6.03. The highest BCUT2D eigenvalue weighted by atomic mass is 35.5. The second kappa shape index (κ2) is 6.83. The fourth-order valence-corrected chi connectivity index (χ4v) is 2.21. The lowest BCUT2D eigenvalue weighted by molar-refractivity contribution is 0.191. The number of nitrogens with one attached hydrogen (secondary N) is 1. The number of hydrogen-bond donors (Lipinski definition) is 1. The van der Waals surface area contributed by atoms with Crippen molar-refractivity contribution in [2.24, 2.45) is 0 Å². The largest absolute Gasteiger partial charge is 0.495 e. The van der Waals surface area contributed by atoms with Gasteiger partial charge in [0.15, 0.2) is 0 Å². The highest BCUT2D eigenvalue weighted by molar-refractivity contribution is 6.32. The highest BCUT2D eigenvalue weighted by Gasteiger charge is 2.09. The van der Waals surface area contributed by atoms with E-state index in [1.54, 1.807) is 13.2 Å². The zero-order valence-electron chi connectivity index (χ0n) is 10.6. The molecule has 1 aromatic rings. The summed E-state index contributed by atoms with van der Waals surface area (Å²) in [6.45, 7) is 5.94. The van der Waals surface area contributed by atoms with Crippen molar-refractivity contribution in [3.8, 4) is 11.5 Å². The number of ether oxygens (including phenoxy) is 2. The Morgan fingerprint density at radius 2 is 2.11 bits per heavy atom. The monoisotopic (exact) mass is 270 g/mol. The van der Waals surface area contributed by atoms with Crippen LogP contribution >= 0.6 is 11.6 Å². The summed E-state index contributed by atoms with van der Waals surface area (Å²) in [6.07, 6.45) is 0. The summed E-state index contributed by atoms with van der Waals surface area (Å²) in [5.74, 6) is 1.46. The molecule has 2 rings (SSSR count). The molecule has 0 aliphatic carbocycles. The Labute approximate surface area is 113 Å². The normalized spacial score (nSPS) is 16.6. The van der Waals surface area contributed by atoms with E-state index in [9.17, 15) is 0 Å². The van der Waals surface area contributed by atoms with E-state index in [2.05, 4.69) is 10.2 Å². The molecule has 18 heavy (non-hydrogen) atoms. The first kappa shape index (κ1) is 13.5. The fourth-order valence-electron chi connectivity index (χ4n) is 1.96. The minimum atomic E-state index is 0.581. The van der Waals surface area contributed by atoms with E-state index < -0.39 is 0 Å². The van der Waals surface area contributed by atoms with Crippen LogP contribution in [0.3, 0.4) is 0 Å². The average molecular weight is 271 g/mol. The first-order valence-electron chi connectivity index (χ1n) is 6.19. The van der Waals surface area contributed by atoms with Crippen LogP contribution in [0.15, 0.2) is 18.2 Å². The number of benzene rings is 1. The van der Waals surface area contributed by atoms with E-state index in [-0.39, 0.29) is 0 Å². The van der Waals surface area contributed by atoms with Crippen LogP contribution < -0.4 is 14.8 Å². The topological polar surface area (TPSA) is 33.7 Å². The molecule has 0 spiro atoms. The second-order valence-corrected chi connectivity index (χ2v) is 4.64. The van der Waals surface area contributed by atoms with Crippen molar-refractivity contribution in [3.63, 3.8) is 0 Å². The fraction of sp³-hybridized carbons (Fsp3) is 0.538. The van der Waals surface area contributed by atoms with E-state index in [1.165, 1.54) is 0 Å². The number of methoxy groups -OCH3 is 1. The van der Waals surface area contributed by atoms with Crippen molar-refractivity contribution in [1.82, 2.24) is 10.2 Å². The van der Waals surface area contributed by atoms with E-state index in [1.807, 2.05) is 12.1 Å². The number of rotatable bonds is 5. The van der Waals surface area contributed by atoms with E-state index in [0.29, 0.717) is 17.4 Å². The quantitative estimate of drug-likeness (QED) is 0.882. The third-order valence-corrected chi connectivity index (χ3v) is 3.30. The Balaban J connectivity index is 1.77. The van der Waals surface area contributed by atoms with Crippen molar-refractivity contribution < 1.29 is 9.47 Å². The van der Waals surface area contributed by atoms with Crippen LogP contribution in [0.25, 0.3) is 0 Å². The summed E-state index contributed by atoms with van der Waals surface area (Å²) in [5.41, 5.74) is 0. The molecule has 1 saturated heterocycles. The van der Waals surface area contributed by atoms with Gasteiger partial charge in [-0.25, -0.2) is 0 Å². The van der Waals surface area contributed by atoms with Gasteiger partial charge in [-0.3, -0.25) is 4.90 Å². The summed E-state index contributed by atoms with van der Waals surface area (Å²) in [5, 5.41) is 3.91. The smallest absolute Gasteiger partial charge is 0.137 e. The second-order valence-electron chi connectivity index (χ2n) is 4.24. The summed E-state index contributed by atoms with van der Waals surface area (Å²) in [4.78, 5) is 2.39. The first-order valence-corrected chi connectivity index (χ1v) is 6.57. The molecule has 1 aliphatic heterocycles. The minimum absolute atomic E-state index is 0.581. The van der Waals surface area contributed by atoms with Gasteiger partial charge < -0.3 is 14.8 Å². The summed E-state index contributed by atoms with van der Waals surface area (Å²) in [6, 6.07) is 5.49. The van der Waals surface area contributed by atoms with E-state index in [4.69, 9.17) is 21.1 Å². The van der Waals surface area contributed by atoms with Crippen molar-refractivity contribution in [3.05, 3.63) is 23.2 Å². The lowest BCUT2D eigenvalue weighted by Crippen LogP contribution is -2.44. The van der Waals surface area contributed by atoms with Gasteiger partial charge in [0, 0.05) is 38.8 Å². The molecule has 0 radical (unpaired) electrons. The number of hydrogen-bond acceptors (Lipinski definition) is 4. The number of halogens is 1. The molecule has 0 amide bonds. The van der Waals surface area contributed by atoms with Crippen LogP contribution in [0, 0.1) is 0 Å². The Bertz CT molecular complexity index is 381. The maximum Gasteiger partial charge on any atom is 0.137 e. The molecule has 1 N–H and O–H groups in total. The zero-order chi connectivity index (χ0) is 12.8. The Kier molecular flexibility index (Phi) is 5.11. The van der Waals surface area contributed by atoms with Gasteiger partial charge in [0.05, 0.1) is 12.1 Å². The molecule has 4 nitrogen and oxygen atoms in total. The molecule has 0 saturated carbocycles. The lowest BCUT2D eigenvalue weighted by Gasteiger charge is -2.26. The first-order chi connectivity index (χ1) is 8.79. The van der Waals surface area contributed by atoms with Crippen LogP contribution in [0.1, 0.15) is 0 Å².